The first kappa shape index (κ1) is 13.8. The van der Waals surface area contributed by atoms with Crippen LogP contribution in [0.1, 0.15) is 30.6 Å². The van der Waals surface area contributed by atoms with Gasteiger partial charge in [-0.05, 0) is 25.0 Å². The Morgan fingerprint density at radius 3 is 2.47 bits per heavy atom. The molecule has 3 nitrogen and oxygen atoms in total. The number of alkyl halides is 3. The molecule has 0 radical (unpaired) electrons. The van der Waals surface area contributed by atoms with E-state index in [4.69, 9.17) is 5.73 Å². The predicted molar refractivity (Wildman–Crippen MR) is 58.7 cm³/mol. The fourth-order valence-electron chi connectivity index (χ4n) is 1.70. The molecule has 1 aromatic heterocycles. The molecule has 0 aliphatic heterocycles. The van der Waals surface area contributed by atoms with E-state index in [0.717, 1.165) is 12.1 Å². The van der Waals surface area contributed by atoms with Gasteiger partial charge in [-0.3, -0.25) is 4.79 Å². The van der Waals surface area contributed by atoms with Crippen molar-refractivity contribution >= 4 is 0 Å². The average Bonchev–Trinajstić information content (AvgIpc) is 2.22. The van der Waals surface area contributed by atoms with E-state index in [2.05, 4.69) is 0 Å². The molecule has 0 aromatic carbocycles. The summed E-state index contributed by atoms with van der Waals surface area (Å²) in [5.74, 6) is 0. The minimum Gasteiger partial charge on any atom is -0.316 e. The minimum atomic E-state index is -4.50. The highest BCUT2D eigenvalue weighted by Crippen LogP contribution is 2.31. The molecule has 2 N–H and O–H groups in total. The van der Waals surface area contributed by atoms with Gasteiger partial charge >= 0.3 is 6.18 Å². The summed E-state index contributed by atoms with van der Waals surface area (Å²) in [6.45, 7) is 3.73. The van der Waals surface area contributed by atoms with Gasteiger partial charge in [0.1, 0.15) is 6.04 Å². The Kier molecular flexibility index (Phi) is 3.98. The van der Waals surface area contributed by atoms with Gasteiger partial charge < -0.3 is 10.3 Å². The maximum atomic E-state index is 12.5. The van der Waals surface area contributed by atoms with E-state index in [1.54, 1.807) is 0 Å². The average molecular weight is 248 g/mol. The summed E-state index contributed by atoms with van der Waals surface area (Å²) in [7, 11) is 0. The standard InChI is InChI=1S/C11H15F3N2O/c1-3-6-16-7(2)8(4-5-9(16)17)10(15)11(12,13)14/h4-5,10H,3,6,15H2,1-2H3. The number of hydrogen-bond acceptors (Lipinski definition) is 2. The van der Waals surface area contributed by atoms with E-state index in [9.17, 15) is 18.0 Å². The van der Waals surface area contributed by atoms with Crippen molar-refractivity contribution in [2.75, 3.05) is 0 Å². The highest BCUT2D eigenvalue weighted by Gasteiger charge is 2.39. The summed E-state index contributed by atoms with van der Waals surface area (Å²) in [4.78, 5) is 11.5. The Labute approximate surface area is 97.0 Å². The van der Waals surface area contributed by atoms with Crippen molar-refractivity contribution < 1.29 is 13.2 Å². The quantitative estimate of drug-likeness (QED) is 0.890. The van der Waals surface area contributed by atoms with Crippen LogP contribution in [-0.4, -0.2) is 10.7 Å². The predicted octanol–water partition coefficient (Wildman–Crippen LogP) is 2.13. The summed E-state index contributed by atoms with van der Waals surface area (Å²) in [6, 6.07) is 0.234. The Balaban J connectivity index is 3.28. The molecule has 0 saturated heterocycles. The maximum absolute atomic E-state index is 12.5. The van der Waals surface area contributed by atoms with Gasteiger partial charge in [0, 0.05) is 18.3 Å². The highest BCUT2D eigenvalue weighted by molar-refractivity contribution is 5.24. The second-order valence-corrected chi connectivity index (χ2v) is 3.88. The third-order valence-electron chi connectivity index (χ3n) is 2.63. The third kappa shape index (κ3) is 2.88. The van der Waals surface area contributed by atoms with Gasteiger partial charge in [0.2, 0.25) is 0 Å². The van der Waals surface area contributed by atoms with Crippen molar-refractivity contribution in [2.24, 2.45) is 5.73 Å². The summed E-state index contributed by atoms with van der Waals surface area (Å²) in [5.41, 5.74) is 5.08. The molecule has 0 fully saturated rings. The lowest BCUT2D eigenvalue weighted by Crippen LogP contribution is -2.32. The lowest BCUT2D eigenvalue weighted by molar-refractivity contribution is -0.149. The molecule has 17 heavy (non-hydrogen) atoms. The van der Waals surface area contributed by atoms with Crippen LogP contribution >= 0.6 is 0 Å². The molecular formula is C11H15F3N2O. The SMILES string of the molecule is CCCn1c(C)c(C(N)C(F)(F)F)ccc1=O. The van der Waals surface area contributed by atoms with E-state index < -0.39 is 12.2 Å². The van der Waals surface area contributed by atoms with Crippen LogP contribution < -0.4 is 11.3 Å². The zero-order valence-corrected chi connectivity index (χ0v) is 9.71. The smallest absolute Gasteiger partial charge is 0.316 e. The Bertz CT molecular complexity index is 451. The van der Waals surface area contributed by atoms with Crippen LogP contribution in [-0.2, 0) is 6.54 Å². The van der Waals surface area contributed by atoms with E-state index in [1.807, 2.05) is 6.92 Å². The number of halogens is 3. The zero-order valence-electron chi connectivity index (χ0n) is 9.71. The van der Waals surface area contributed by atoms with Crippen LogP contribution in [0.4, 0.5) is 13.2 Å². The number of nitrogens with two attached hydrogens (primary N) is 1. The van der Waals surface area contributed by atoms with Crippen LogP contribution in [0.2, 0.25) is 0 Å². The highest BCUT2D eigenvalue weighted by atomic mass is 19.4. The maximum Gasteiger partial charge on any atom is 0.407 e. The van der Waals surface area contributed by atoms with E-state index in [1.165, 1.54) is 11.5 Å². The molecule has 1 unspecified atom stereocenters. The molecular weight excluding hydrogens is 233 g/mol. The van der Waals surface area contributed by atoms with Gasteiger partial charge in [-0.1, -0.05) is 6.92 Å². The Hall–Kier alpha value is -1.30. The van der Waals surface area contributed by atoms with Crippen LogP contribution in [0.15, 0.2) is 16.9 Å². The molecule has 96 valence electrons. The monoisotopic (exact) mass is 248 g/mol. The van der Waals surface area contributed by atoms with E-state index in [-0.39, 0.29) is 16.8 Å². The van der Waals surface area contributed by atoms with Gasteiger partial charge in [0.15, 0.2) is 0 Å². The van der Waals surface area contributed by atoms with Gasteiger partial charge in [-0.2, -0.15) is 13.2 Å². The molecule has 1 heterocycles. The van der Waals surface area contributed by atoms with Crippen molar-refractivity contribution in [3.63, 3.8) is 0 Å². The molecule has 0 spiro atoms. The van der Waals surface area contributed by atoms with Crippen LogP contribution in [0.5, 0.6) is 0 Å². The van der Waals surface area contributed by atoms with Crippen molar-refractivity contribution in [2.45, 2.75) is 39.0 Å². The van der Waals surface area contributed by atoms with Crippen molar-refractivity contribution in [1.82, 2.24) is 4.57 Å². The second kappa shape index (κ2) is 4.91. The number of hydrogen-bond donors (Lipinski definition) is 1. The summed E-state index contributed by atoms with van der Waals surface area (Å²) in [5, 5.41) is 0. The van der Waals surface area contributed by atoms with Crippen molar-refractivity contribution in [3.05, 3.63) is 33.7 Å². The molecule has 0 amide bonds. The molecule has 0 aliphatic rings. The Morgan fingerprint density at radius 1 is 1.41 bits per heavy atom. The lowest BCUT2D eigenvalue weighted by Gasteiger charge is -2.20. The fourth-order valence-corrected chi connectivity index (χ4v) is 1.70. The van der Waals surface area contributed by atoms with Gasteiger partial charge in [-0.15, -0.1) is 0 Å². The summed E-state index contributed by atoms with van der Waals surface area (Å²) < 4.78 is 38.9. The largest absolute Gasteiger partial charge is 0.407 e. The normalized spacial score (nSPS) is 13.8. The third-order valence-corrected chi connectivity index (χ3v) is 2.63. The van der Waals surface area contributed by atoms with Crippen LogP contribution in [0, 0.1) is 6.92 Å². The lowest BCUT2D eigenvalue weighted by atomic mass is 10.1. The summed E-state index contributed by atoms with van der Waals surface area (Å²) in [6.07, 6.45) is -3.83. The second-order valence-electron chi connectivity index (χ2n) is 3.88. The summed E-state index contributed by atoms with van der Waals surface area (Å²) >= 11 is 0. The molecule has 1 aromatic rings. The van der Waals surface area contributed by atoms with Gasteiger partial charge in [0.25, 0.3) is 5.56 Å². The number of rotatable bonds is 3. The topological polar surface area (TPSA) is 48.0 Å². The molecule has 1 atom stereocenters. The molecule has 0 aliphatic carbocycles. The fraction of sp³-hybridized carbons (Fsp3) is 0.545. The molecule has 0 bridgehead atoms. The van der Waals surface area contributed by atoms with Gasteiger partial charge in [-0.25, -0.2) is 0 Å². The van der Waals surface area contributed by atoms with Gasteiger partial charge in [0.05, 0.1) is 0 Å². The van der Waals surface area contributed by atoms with Crippen LogP contribution in [0.3, 0.4) is 0 Å². The first-order valence-electron chi connectivity index (χ1n) is 5.31. The molecule has 6 heteroatoms. The van der Waals surface area contributed by atoms with Crippen molar-refractivity contribution in [3.8, 4) is 0 Å². The van der Waals surface area contributed by atoms with Crippen molar-refractivity contribution in [1.29, 1.82) is 0 Å². The Morgan fingerprint density at radius 2 is 2.00 bits per heavy atom. The number of nitrogens with zero attached hydrogens (tertiary/aromatic N) is 1. The van der Waals surface area contributed by atoms with E-state index in [0.29, 0.717) is 13.0 Å². The first-order valence-corrected chi connectivity index (χ1v) is 5.31. The minimum absolute atomic E-state index is 0.0504. The zero-order chi connectivity index (χ0) is 13.2. The number of aromatic nitrogens is 1. The van der Waals surface area contributed by atoms with E-state index >= 15 is 0 Å². The number of pyridine rings is 1. The molecule has 0 saturated carbocycles. The van der Waals surface area contributed by atoms with Crippen LogP contribution in [0.25, 0.3) is 0 Å². The first-order chi connectivity index (χ1) is 7.79. The molecule has 1 rings (SSSR count).